The normalized spacial score (nSPS) is 10.6. The van der Waals surface area contributed by atoms with Crippen LogP contribution in [-0.2, 0) is 0 Å². The van der Waals surface area contributed by atoms with E-state index in [1.807, 2.05) is 0 Å². The molecule has 0 bridgehead atoms. The summed E-state index contributed by atoms with van der Waals surface area (Å²) in [6, 6.07) is 0. The number of aryl methyl sites for hydroxylation is 2. The number of hydrogen-bond acceptors (Lipinski definition) is 2. The Morgan fingerprint density at radius 3 is 0.926 bits per heavy atom. The molecule has 0 N–H and O–H groups in total. The van der Waals surface area contributed by atoms with Gasteiger partial charge in [-0.1, -0.05) is 35.1 Å². The van der Waals surface area contributed by atoms with Crippen molar-refractivity contribution < 1.29 is 0 Å². The molecule has 0 radical (unpaired) electrons. The van der Waals surface area contributed by atoms with Gasteiger partial charge in [-0.25, -0.2) is 0 Å². The summed E-state index contributed by atoms with van der Waals surface area (Å²) in [4.78, 5) is 9.27. The quantitative estimate of drug-likeness (QED) is 0.546. The lowest BCUT2D eigenvalue weighted by atomic mass is 9.97. The van der Waals surface area contributed by atoms with Crippen LogP contribution in [0.4, 0.5) is 0 Å². The van der Waals surface area contributed by atoms with Crippen molar-refractivity contribution in [1.82, 2.24) is 9.97 Å². The van der Waals surface area contributed by atoms with Gasteiger partial charge in [0.25, 0.3) is 0 Å². The maximum absolute atomic E-state index is 4.63. The monoisotopic (exact) mass is 370 g/mol. The molecule has 0 amide bonds. The van der Waals surface area contributed by atoms with Crippen LogP contribution in [0.5, 0.6) is 0 Å². The van der Waals surface area contributed by atoms with Crippen molar-refractivity contribution >= 4 is 0 Å². The van der Waals surface area contributed by atoms with Crippen molar-refractivity contribution in [3.05, 3.63) is 56.2 Å². The van der Waals surface area contributed by atoms with Gasteiger partial charge in [-0.05, 0) is 101 Å². The van der Waals surface area contributed by atoms with Crippen LogP contribution >= 0.6 is 0 Å². The highest BCUT2D eigenvalue weighted by molar-refractivity contribution is 5.39. The van der Waals surface area contributed by atoms with E-state index in [1.54, 1.807) is 0 Å². The van der Waals surface area contributed by atoms with Gasteiger partial charge in [0.05, 0.1) is 0 Å². The molecule has 27 heavy (non-hydrogen) atoms. The van der Waals surface area contributed by atoms with Crippen molar-refractivity contribution in [2.24, 2.45) is 0 Å². The maximum atomic E-state index is 4.63. The van der Waals surface area contributed by atoms with Crippen molar-refractivity contribution in [2.75, 3.05) is 0 Å². The smallest absolute Gasteiger partial charge is 0.0464 e. The van der Waals surface area contributed by atoms with Crippen LogP contribution in [0.1, 0.15) is 103 Å². The van der Waals surface area contributed by atoms with Crippen LogP contribution in [0.2, 0.25) is 0 Å². The van der Waals surface area contributed by atoms with E-state index in [0.717, 1.165) is 0 Å². The fraction of sp³-hybridized carbons (Fsp3) is 0.600. The third-order valence-corrected chi connectivity index (χ3v) is 5.77. The standard InChI is InChI=1S/2C12H19N.CH4/c2*1-7(2)12-10(5)8(3)9(4)11(6)13-12;/h2*7H,1-6H3;1H4. The summed E-state index contributed by atoms with van der Waals surface area (Å²) in [7, 11) is 0. The van der Waals surface area contributed by atoms with E-state index < -0.39 is 0 Å². The summed E-state index contributed by atoms with van der Waals surface area (Å²) in [6.07, 6.45) is 0. The first kappa shape index (κ1) is 25.3. The first-order valence-electron chi connectivity index (χ1n) is 9.78. The van der Waals surface area contributed by atoms with Gasteiger partial charge >= 0.3 is 0 Å². The third kappa shape index (κ3) is 5.64. The van der Waals surface area contributed by atoms with E-state index in [1.165, 1.54) is 56.2 Å². The van der Waals surface area contributed by atoms with Crippen LogP contribution < -0.4 is 0 Å². The van der Waals surface area contributed by atoms with Crippen LogP contribution in [0.15, 0.2) is 0 Å². The molecule has 0 aliphatic heterocycles. The molecule has 2 aromatic heterocycles. The van der Waals surface area contributed by atoms with E-state index in [2.05, 4.69) is 93.1 Å². The minimum atomic E-state index is 0. The van der Waals surface area contributed by atoms with Crippen LogP contribution in [0.25, 0.3) is 0 Å². The van der Waals surface area contributed by atoms with Crippen molar-refractivity contribution in [2.45, 2.75) is 102 Å². The van der Waals surface area contributed by atoms with Crippen molar-refractivity contribution in [1.29, 1.82) is 0 Å². The first-order chi connectivity index (χ1) is 11.9. The average Bonchev–Trinajstić information content (AvgIpc) is 2.57. The van der Waals surface area contributed by atoms with Crippen LogP contribution in [0, 0.1) is 55.4 Å². The molecule has 152 valence electrons. The largest absolute Gasteiger partial charge is 0.257 e. The second kappa shape index (κ2) is 10.0. The fourth-order valence-electron chi connectivity index (χ4n) is 3.31. The van der Waals surface area contributed by atoms with Gasteiger partial charge in [0.15, 0.2) is 0 Å². The first-order valence-corrected chi connectivity index (χ1v) is 9.78. The van der Waals surface area contributed by atoms with Gasteiger partial charge in [0.2, 0.25) is 0 Å². The van der Waals surface area contributed by atoms with Crippen molar-refractivity contribution in [3.63, 3.8) is 0 Å². The Kier molecular flexibility index (Phi) is 9.38. The van der Waals surface area contributed by atoms with Crippen molar-refractivity contribution in [3.8, 4) is 0 Å². The number of nitrogens with zero attached hydrogens (tertiary/aromatic N) is 2. The molecule has 2 aromatic rings. The summed E-state index contributed by atoms with van der Waals surface area (Å²) in [5.41, 5.74) is 13.0. The molecule has 0 saturated heterocycles. The topological polar surface area (TPSA) is 25.8 Å². The minimum Gasteiger partial charge on any atom is -0.257 e. The average molecular weight is 371 g/mol. The Balaban J connectivity index is 0.000000483. The van der Waals surface area contributed by atoms with E-state index in [-0.39, 0.29) is 7.43 Å². The van der Waals surface area contributed by atoms with E-state index in [0.29, 0.717) is 11.8 Å². The lowest BCUT2D eigenvalue weighted by molar-refractivity contribution is 0.796. The van der Waals surface area contributed by atoms with E-state index >= 15 is 0 Å². The predicted molar refractivity (Wildman–Crippen MR) is 121 cm³/mol. The summed E-state index contributed by atoms with van der Waals surface area (Å²) < 4.78 is 0. The lowest BCUT2D eigenvalue weighted by Gasteiger charge is -2.15. The number of pyridine rings is 2. The molecule has 2 rings (SSSR count). The molecule has 0 aliphatic rings. The molecule has 0 saturated carbocycles. The molecule has 0 aliphatic carbocycles. The number of rotatable bonds is 2. The molecular formula is C25H42N2. The molecule has 0 unspecified atom stereocenters. The van der Waals surface area contributed by atoms with Gasteiger partial charge in [0, 0.05) is 22.8 Å². The molecule has 0 spiro atoms. The fourth-order valence-corrected chi connectivity index (χ4v) is 3.31. The predicted octanol–water partition coefficient (Wildman–Crippen LogP) is 7.51. The van der Waals surface area contributed by atoms with Gasteiger partial charge in [-0.2, -0.15) is 0 Å². The number of hydrogen-bond donors (Lipinski definition) is 0. The third-order valence-electron chi connectivity index (χ3n) is 5.77. The highest BCUT2D eigenvalue weighted by Gasteiger charge is 2.11. The second-order valence-corrected chi connectivity index (χ2v) is 8.22. The maximum Gasteiger partial charge on any atom is 0.0464 e. The highest BCUT2D eigenvalue weighted by atomic mass is 14.7. The van der Waals surface area contributed by atoms with Gasteiger partial charge in [-0.3, -0.25) is 9.97 Å². The van der Waals surface area contributed by atoms with Crippen LogP contribution in [0.3, 0.4) is 0 Å². The second-order valence-electron chi connectivity index (χ2n) is 8.22. The molecule has 0 aromatic carbocycles. The Morgan fingerprint density at radius 1 is 0.444 bits per heavy atom. The minimum absolute atomic E-state index is 0. The molecule has 0 fully saturated rings. The van der Waals surface area contributed by atoms with Gasteiger partial charge < -0.3 is 0 Å². The van der Waals surface area contributed by atoms with E-state index in [4.69, 9.17) is 0 Å². The molecule has 2 nitrogen and oxygen atoms in total. The van der Waals surface area contributed by atoms with Gasteiger partial charge in [0.1, 0.15) is 0 Å². The Bertz CT molecular complexity index is 716. The van der Waals surface area contributed by atoms with Crippen LogP contribution in [-0.4, -0.2) is 9.97 Å². The summed E-state index contributed by atoms with van der Waals surface area (Å²) in [5, 5.41) is 0. The Morgan fingerprint density at radius 2 is 0.704 bits per heavy atom. The van der Waals surface area contributed by atoms with Gasteiger partial charge in [-0.15, -0.1) is 0 Å². The van der Waals surface area contributed by atoms with E-state index in [9.17, 15) is 0 Å². The zero-order chi connectivity index (χ0) is 20.3. The highest BCUT2D eigenvalue weighted by Crippen LogP contribution is 2.24. The Labute approximate surface area is 168 Å². The number of aromatic nitrogens is 2. The zero-order valence-corrected chi connectivity index (χ0v) is 19.0. The molecule has 0 atom stereocenters. The summed E-state index contributed by atoms with van der Waals surface area (Å²) in [6.45, 7) is 26.0. The SMILES string of the molecule is C.Cc1nc(C(C)C)c(C)c(C)c1C.Cc1nc(C(C)C)c(C)c(C)c1C. The molecular weight excluding hydrogens is 328 g/mol. The molecule has 2 heterocycles. The summed E-state index contributed by atoms with van der Waals surface area (Å²) in [5.74, 6) is 1.05. The molecule has 2 heteroatoms. The zero-order valence-electron chi connectivity index (χ0n) is 19.0. The summed E-state index contributed by atoms with van der Waals surface area (Å²) >= 11 is 0. The lowest BCUT2D eigenvalue weighted by Crippen LogP contribution is -2.03. The Hall–Kier alpha value is -1.70.